The van der Waals surface area contributed by atoms with Gasteiger partial charge in [0.05, 0.1) is 33.6 Å². The van der Waals surface area contributed by atoms with Gasteiger partial charge in [0, 0.05) is 40.7 Å². The molecule has 0 atom stereocenters. The Morgan fingerprint density at radius 1 is 0.458 bits per heavy atom. The fourth-order valence-electron chi connectivity index (χ4n) is 11.8. The molecular formula is C67H58N4O+2. The van der Waals surface area contributed by atoms with Crippen molar-refractivity contribution in [3.05, 3.63) is 227 Å². The van der Waals surface area contributed by atoms with Crippen molar-refractivity contribution in [2.24, 2.45) is 0 Å². The Morgan fingerprint density at radius 3 is 1.75 bits per heavy atom. The monoisotopic (exact) mass is 934 g/mol. The normalized spacial score (nSPS) is 14.2. The smallest absolute Gasteiger partial charge is 0.457 e. The van der Waals surface area contributed by atoms with Crippen LogP contribution < -0.4 is 13.9 Å². The molecule has 0 unspecified atom stereocenters. The number of benzene rings is 8. The van der Waals surface area contributed by atoms with E-state index in [0.29, 0.717) is 0 Å². The summed E-state index contributed by atoms with van der Waals surface area (Å²) in [5.41, 5.74) is 19.7. The van der Waals surface area contributed by atoms with E-state index in [9.17, 15) is 0 Å². The number of fused-ring (bicyclic) bond motifs is 12. The molecule has 0 fully saturated rings. The number of nitrogens with zero attached hydrogens (tertiary/aromatic N) is 4. The van der Waals surface area contributed by atoms with Gasteiger partial charge < -0.3 is 4.74 Å². The number of ether oxygens (including phenoxy) is 1. The van der Waals surface area contributed by atoms with E-state index in [1.165, 1.54) is 66.6 Å². The molecule has 0 saturated heterocycles. The Hall–Kier alpha value is -8.11. The van der Waals surface area contributed by atoms with E-state index in [0.717, 1.165) is 56.5 Å². The molecular weight excluding hydrogens is 877 g/mol. The SMILES string of the molecule is CC(C)(C)c1cc(-c2cccc3c2[N+]2=C=[N+](c4cccc(Oc5ccc6c7ccccc7n(-c7cc(C(C)(C)C)ccn7)c6c5)c4)c4cccc(c42)C32c3ccccc3-c3ccccc32)cc(C(C)(C)C)c1. The zero-order chi connectivity index (χ0) is 49.5. The van der Waals surface area contributed by atoms with Gasteiger partial charge in [-0.2, -0.15) is 0 Å². The summed E-state index contributed by atoms with van der Waals surface area (Å²) in [5.74, 6) is 2.37. The average Bonchev–Trinajstić information content (AvgIpc) is 4.02. The van der Waals surface area contributed by atoms with E-state index in [2.05, 4.69) is 258 Å². The van der Waals surface area contributed by atoms with Crippen LogP contribution in [0.3, 0.4) is 0 Å². The van der Waals surface area contributed by atoms with Crippen molar-refractivity contribution in [1.29, 1.82) is 0 Å². The summed E-state index contributed by atoms with van der Waals surface area (Å²) in [6, 6.07) is 71.0. The predicted octanol–water partition coefficient (Wildman–Crippen LogP) is 17.1. The van der Waals surface area contributed by atoms with Crippen LogP contribution in [0.4, 0.5) is 22.7 Å². The van der Waals surface area contributed by atoms with Crippen molar-refractivity contribution >= 4 is 50.6 Å². The number of hydrogen-bond acceptors (Lipinski definition) is 2. The zero-order valence-corrected chi connectivity index (χ0v) is 42.6. The fraction of sp³-hybridized carbons (Fsp3) is 0.194. The fourth-order valence-corrected chi connectivity index (χ4v) is 11.8. The van der Waals surface area contributed by atoms with E-state index in [4.69, 9.17) is 9.72 Å². The van der Waals surface area contributed by atoms with Crippen LogP contribution in [-0.4, -0.2) is 15.6 Å². The molecule has 0 saturated carbocycles. The van der Waals surface area contributed by atoms with Crippen LogP contribution in [0.1, 0.15) is 101 Å². The number of pyridine rings is 1. The summed E-state index contributed by atoms with van der Waals surface area (Å²) in [5, 5.41) is 2.33. The first kappa shape index (κ1) is 43.9. The Bertz CT molecular complexity index is 3930. The van der Waals surface area contributed by atoms with Crippen LogP contribution in [0.5, 0.6) is 11.5 Å². The highest BCUT2D eigenvalue weighted by Gasteiger charge is 2.59. The molecule has 3 aliphatic rings. The van der Waals surface area contributed by atoms with E-state index in [-0.39, 0.29) is 16.2 Å². The maximum Gasteiger partial charge on any atom is 0.503 e. The first-order valence-electron chi connectivity index (χ1n) is 25.4. The zero-order valence-electron chi connectivity index (χ0n) is 42.6. The molecule has 13 rings (SSSR count). The van der Waals surface area contributed by atoms with Gasteiger partial charge in [-0.25, -0.2) is 4.98 Å². The quantitative estimate of drug-likeness (QED) is 0.161. The largest absolute Gasteiger partial charge is 0.503 e. The lowest BCUT2D eigenvalue weighted by Gasteiger charge is -2.36. The highest BCUT2D eigenvalue weighted by Crippen LogP contribution is 2.64. The van der Waals surface area contributed by atoms with Crippen molar-refractivity contribution in [2.45, 2.75) is 84.0 Å². The number of aromatic nitrogens is 2. The second-order valence-electron chi connectivity index (χ2n) is 23.1. The molecule has 0 N–H and O–H groups in total. The molecule has 72 heavy (non-hydrogen) atoms. The van der Waals surface area contributed by atoms with Gasteiger partial charge in [-0.3, -0.25) is 4.57 Å². The van der Waals surface area contributed by atoms with Crippen LogP contribution in [0.15, 0.2) is 188 Å². The molecule has 0 amide bonds. The van der Waals surface area contributed by atoms with Gasteiger partial charge in [0.15, 0.2) is 0 Å². The minimum atomic E-state index is -0.581. The second kappa shape index (κ2) is 15.4. The van der Waals surface area contributed by atoms with Gasteiger partial charge in [-0.1, -0.05) is 178 Å². The first-order chi connectivity index (χ1) is 34.6. The molecule has 5 heteroatoms. The lowest BCUT2D eigenvalue weighted by atomic mass is 9.64. The summed E-state index contributed by atoms with van der Waals surface area (Å²) < 4.78 is 13.8. The van der Waals surface area contributed by atoms with E-state index >= 15 is 0 Å². The molecule has 350 valence electrons. The molecule has 4 heterocycles. The Balaban J connectivity index is 1.01. The molecule has 1 spiro atoms. The van der Waals surface area contributed by atoms with Gasteiger partial charge >= 0.3 is 11.7 Å². The van der Waals surface area contributed by atoms with Gasteiger partial charge in [0.25, 0.3) is 5.69 Å². The Kier molecular flexibility index (Phi) is 9.41. The van der Waals surface area contributed by atoms with Gasteiger partial charge in [0.2, 0.25) is 11.4 Å². The van der Waals surface area contributed by atoms with Gasteiger partial charge in [-0.15, -0.1) is 0 Å². The lowest BCUT2D eigenvalue weighted by molar-refractivity contribution is 0.483. The van der Waals surface area contributed by atoms with Crippen LogP contribution in [0, 0.1) is 0 Å². The highest BCUT2D eigenvalue weighted by molar-refractivity contribution is 6.09. The molecule has 0 radical (unpaired) electrons. The third kappa shape index (κ3) is 6.50. The minimum absolute atomic E-state index is 0.0224. The predicted molar refractivity (Wildman–Crippen MR) is 298 cm³/mol. The lowest BCUT2D eigenvalue weighted by Crippen LogP contribution is -2.34. The second-order valence-corrected chi connectivity index (χ2v) is 23.1. The van der Waals surface area contributed by atoms with Crippen molar-refractivity contribution in [3.63, 3.8) is 0 Å². The molecule has 2 aromatic heterocycles. The van der Waals surface area contributed by atoms with Crippen molar-refractivity contribution in [2.75, 3.05) is 0 Å². The number of para-hydroxylation sites is 3. The third-order valence-electron chi connectivity index (χ3n) is 15.5. The maximum atomic E-state index is 6.89. The summed E-state index contributed by atoms with van der Waals surface area (Å²) in [7, 11) is 0. The Labute approximate surface area is 422 Å². The summed E-state index contributed by atoms with van der Waals surface area (Å²) in [6.07, 6.45) is 1.93. The summed E-state index contributed by atoms with van der Waals surface area (Å²) >= 11 is 0. The molecule has 10 aromatic rings. The first-order valence-corrected chi connectivity index (χ1v) is 25.4. The van der Waals surface area contributed by atoms with Gasteiger partial charge in [-0.05, 0) is 112 Å². The Morgan fingerprint density at radius 2 is 1.04 bits per heavy atom. The number of hydrogen-bond donors (Lipinski definition) is 0. The average molecular weight is 935 g/mol. The molecule has 1 aliphatic carbocycles. The van der Waals surface area contributed by atoms with Gasteiger partial charge in [0.1, 0.15) is 17.3 Å². The molecule has 0 bridgehead atoms. The molecule has 5 nitrogen and oxygen atoms in total. The minimum Gasteiger partial charge on any atom is -0.457 e. The van der Waals surface area contributed by atoms with Crippen molar-refractivity contribution < 1.29 is 4.74 Å². The van der Waals surface area contributed by atoms with Crippen LogP contribution in [-0.2, 0) is 21.7 Å². The summed E-state index contributed by atoms with van der Waals surface area (Å²) in [6.45, 7) is 20.7. The van der Waals surface area contributed by atoms with E-state index in [1.54, 1.807) is 0 Å². The van der Waals surface area contributed by atoms with Crippen LogP contribution in [0.25, 0.3) is 49.9 Å². The number of rotatable bonds is 5. The van der Waals surface area contributed by atoms with Crippen LogP contribution in [0.2, 0.25) is 0 Å². The van der Waals surface area contributed by atoms with Crippen LogP contribution >= 0.6 is 0 Å². The standard InChI is InChI=1S/C67H58N4O/c1-64(2,3)43-33-34-68-61(38-43)71-58-29-15-12-23-52(58)53-32-31-48(40-60(53)71)72-47-20-16-19-46(39-47)69-41-70-62-49(42-35-44(65(4,5)6)37-45(36-42)66(7,8)9)24-17-27-56(62)67(57-28-18-30-59(69)63(57)70)54-25-13-10-21-50(54)51-22-11-14-26-55(51)67/h10-40H,1-9H3/q+2. The topological polar surface area (TPSA) is 33.1 Å². The van der Waals surface area contributed by atoms with Crippen molar-refractivity contribution in [3.8, 4) is 39.6 Å². The van der Waals surface area contributed by atoms with Crippen molar-refractivity contribution in [1.82, 2.24) is 18.7 Å². The molecule has 8 aromatic carbocycles. The maximum absolute atomic E-state index is 6.89. The van der Waals surface area contributed by atoms with E-state index in [1.807, 2.05) is 12.3 Å². The molecule has 2 aliphatic heterocycles. The summed E-state index contributed by atoms with van der Waals surface area (Å²) in [4.78, 5) is 4.92. The third-order valence-corrected chi connectivity index (χ3v) is 15.5. The highest BCUT2D eigenvalue weighted by atomic mass is 16.5. The van der Waals surface area contributed by atoms with E-state index < -0.39 is 5.41 Å².